The first-order chi connectivity index (χ1) is 15.3. The van der Waals surface area contributed by atoms with Gasteiger partial charge in [-0.3, -0.25) is 15.1 Å². The van der Waals surface area contributed by atoms with Gasteiger partial charge in [0, 0.05) is 60.1 Å². The molecule has 11 heteroatoms. The number of fused-ring (bicyclic) bond motifs is 1. The predicted molar refractivity (Wildman–Crippen MR) is 126 cm³/mol. The standard InChI is InChI=1S/C21H24ClN5O3S2/c22-18-2-1-17(31-18)5-12-32(29,30)26-13-19-24-21(15-27(19)20(28)14-26)6-10-25(11-7-21)16-3-8-23-9-4-16/h1-5,8-9,12,19,24H,6-7,10-11,13-15H2/b12-5+. The summed E-state index contributed by atoms with van der Waals surface area (Å²) in [4.78, 5) is 21.8. The van der Waals surface area contributed by atoms with E-state index in [0.717, 1.165) is 41.9 Å². The first kappa shape index (κ1) is 21.8. The third-order valence-electron chi connectivity index (χ3n) is 6.44. The van der Waals surface area contributed by atoms with Crippen molar-refractivity contribution in [1.29, 1.82) is 0 Å². The van der Waals surface area contributed by atoms with Crippen molar-refractivity contribution in [3.8, 4) is 0 Å². The summed E-state index contributed by atoms with van der Waals surface area (Å²) in [7, 11) is -3.72. The second kappa shape index (κ2) is 8.42. The molecule has 1 atom stereocenters. The molecule has 0 aliphatic carbocycles. The van der Waals surface area contributed by atoms with Gasteiger partial charge < -0.3 is 9.80 Å². The summed E-state index contributed by atoms with van der Waals surface area (Å²) in [6.45, 7) is 2.49. The Morgan fingerprint density at radius 2 is 1.94 bits per heavy atom. The van der Waals surface area contributed by atoms with Crippen LogP contribution < -0.4 is 10.2 Å². The highest BCUT2D eigenvalue weighted by molar-refractivity contribution is 7.92. The maximum Gasteiger partial charge on any atom is 0.239 e. The van der Waals surface area contributed by atoms with Gasteiger partial charge >= 0.3 is 0 Å². The van der Waals surface area contributed by atoms with Crippen LogP contribution in [0.2, 0.25) is 4.34 Å². The zero-order chi connectivity index (χ0) is 22.3. The molecule has 32 heavy (non-hydrogen) atoms. The number of nitrogens with one attached hydrogen (secondary N) is 1. The van der Waals surface area contributed by atoms with Crippen molar-refractivity contribution in [3.05, 3.63) is 51.3 Å². The maximum absolute atomic E-state index is 12.9. The fourth-order valence-electron chi connectivity index (χ4n) is 4.72. The average molecular weight is 494 g/mol. The Morgan fingerprint density at radius 3 is 2.62 bits per heavy atom. The lowest BCUT2D eigenvalue weighted by molar-refractivity contribution is -0.135. The molecule has 0 radical (unpaired) electrons. The van der Waals surface area contributed by atoms with Crippen LogP contribution in [-0.4, -0.2) is 72.9 Å². The number of sulfonamides is 1. The van der Waals surface area contributed by atoms with Crippen molar-refractivity contribution in [2.45, 2.75) is 24.5 Å². The summed E-state index contributed by atoms with van der Waals surface area (Å²) in [5.74, 6) is -0.154. The molecule has 0 saturated carbocycles. The number of piperazine rings is 1. The van der Waals surface area contributed by atoms with Crippen LogP contribution in [0.25, 0.3) is 6.08 Å². The number of hydrogen-bond donors (Lipinski definition) is 1. The quantitative estimate of drug-likeness (QED) is 0.702. The van der Waals surface area contributed by atoms with Gasteiger partial charge in [-0.25, -0.2) is 8.42 Å². The summed E-state index contributed by atoms with van der Waals surface area (Å²) < 4.78 is 27.6. The predicted octanol–water partition coefficient (Wildman–Crippen LogP) is 2.21. The second-order valence-corrected chi connectivity index (χ2v) is 12.0. The summed E-state index contributed by atoms with van der Waals surface area (Å²) in [5, 5.41) is 4.77. The number of aromatic nitrogens is 1. The first-order valence-electron chi connectivity index (χ1n) is 10.5. The highest BCUT2D eigenvalue weighted by Crippen LogP contribution is 2.34. The topological polar surface area (TPSA) is 85.8 Å². The number of piperidine rings is 1. The number of carbonyl (C=O) groups is 1. The normalized spacial score (nSPS) is 23.9. The lowest BCUT2D eigenvalue weighted by atomic mass is 9.88. The van der Waals surface area contributed by atoms with Crippen LogP contribution in [0.1, 0.15) is 17.7 Å². The number of thiophene rings is 1. The molecule has 3 aliphatic rings. The molecule has 0 bridgehead atoms. The molecule has 1 amide bonds. The number of amides is 1. The Balaban J connectivity index is 1.25. The number of hydrogen-bond acceptors (Lipinski definition) is 7. The third kappa shape index (κ3) is 4.29. The minimum absolute atomic E-state index is 0.130. The van der Waals surface area contributed by atoms with E-state index in [1.807, 2.05) is 17.0 Å². The molecule has 0 aromatic carbocycles. The zero-order valence-corrected chi connectivity index (χ0v) is 19.7. The summed E-state index contributed by atoms with van der Waals surface area (Å²) in [5.41, 5.74) is 0.977. The molecule has 8 nitrogen and oxygen atoms in total. The Kier molecular flexibility index (Phi) is 5.75. The number of carbonyl (C=O) groups excluding carboxylic acids is 1. The molecule has 170 valence electrons. The van der Waals surface area contributed by atoms with Crippen molar-refractivity contribution in [2.75, 3.05) is 37.6 Å². The van der Waals surface area contributed by atoms with Crippen molar-refractivity contribution >= 4 is 50.6 Å². The SMILES string of the molecule is O=C1CN(S(=O)(=O)/C=C/c2ccc(Cl)s2)CC2NC3(CCN(c4ccncc4)CC3)CN12. The fraction of sp³-hybridized carbons (Fsp3) is 0.429. The Hall–Kier alpha value is -1.98. The van der Waals surface area contributed by atoms with Crippen molar-refractivity contribution in [2.24, 2.45) is 0 Å². The van der Waals surface area contributed by atoms with Gasteiger partial charge in [-0.15, -0.1) is 11.3 Å². The number of rotatable bonds is 4. The maximum atomic E-state index is 12.9. The molecule has 1 N–H and O–H groups in total. The fourth-order valence-corrected chi connectivity index (χ4v) is 6.90. The minimum Gasteiger partial charge on any atom is -0.371 e. The van der Waals surface area contributed by atoms with Gasteiger partial charge in [-0.2, -0.15) is 4.31 Å². The molecule has 5 rings (SSSR count). The highest BCUT2D eigenvalue weighted by Gasteiger charge is 2.50. The summed E-state index contributed by atoms with van der Waals surface area (Å²) in [6.07, 6.45) is 6.60. The minimum atomic E-state index is -3.72. The number of halogens is 1. The van der Waals surface area contributed by atoms with E-state index in [1.54, 1.807) is 24.5 Å². The summed E-state index contributed by atoms with van der Waals surface area (Å²) >= 11 is 7.22. The van der Waals surface area contributed by atoms with E-state index < -0.39 is 10.0 Å². The van der Waals surface area contributed by atoms with Gasteiger partial charge in [0.05, 0.1) is 17.0 Å². The third-order valence-corrected chi connectivity index (χ3v) is 9.11. The number of anilines is 1. The van der Waals surface area contributed by atoms with E-state index >= 15 is 0 Å². The van der Waals surface area contributed by atoms with E-state index in [9.17, 15) is 13.2 Å². The van der Waals surface area contributed by atoms with Crippen LogP contribution in [0.15, 0.2) is 42.1 Å². The molecule has 3 aliphatic heterocycles. The van der Waals surface area contributed by atoms with Crippen molar-refractivity contribution in [3.63, 3.8) is 0 Å². The zero-order valence-electron chi connectivity index (χ0n) is 17.4. The molecule has 2 aromatic heterocycles. The molecule has 2 aromatic rings. The average Bonchev–Trinajstić information content (AvgIpc) is 3.37. The highest BCUT2D eigenvalue weighted by atomic mass is 35.5. The van der Waals surface area contributed by atoms with Crippen molar-refractivity contribution in [1.82, 2.24) is 19.5 Å². The van der Waals surface area contributed by atoms with Gasteiger partial charge in [0.15, 0.2) is 0 Å². The molecule has 5 heterocycles. The molecule has 3 saturated heterocycles. The Bertz CT molecular complexity index is 1130. The molecule has 1 spiro atoms. The smallest absolute Gasteiger partial charge is 0.239 e. The number of nitrogens with zero attached hydrogens (tertiary/aromatic N) is 4. The van der Waals surface area contributed by atoms with Gasteiger partial charge in [-0.05, 0) is 43.2 Å². The van der Waals surface area contributed by atoms with Gasteiger partial charge in [0.1, 0.15) is 0 Å². The Morgan fingerprint density at radius 1 is 1.19 bits per heavy atom. The van der Waals surface area contributed by atoms with Crippen LogP contribution in [0, 0.1) is 0 Å². The van der Waals surface area contributed by atoms with Gasteiger partial charge in [0.25, 0.3) is 0 Å². The van der Waals surface area contributed by atoms with Crippen LogP contribution in [0.3, 0.4) is 0 Å². The van der Waals surface area contributed by atoms with E-state index in [-0.39, 0.29) is 30.7 Å². The van der Waals surface area contributed by atoms with E-state index in [0.29, 0.717) is 10.9 Å². The monoisotopic (exact) mass is 493 g/mol. The van der Waals surface area contributed by atoms with Gasteiger partial charge in [-0.1, -0.05) is 11.6 Å². The summed E-state index contributed by atoms with van der Waals surface area (Å²) in [6, 6.07) is 7.51. The molecular weight excluding hydrogens is 470 g/mol. The first-order valence-corrected chi connectivity index (χ1v) is 13.2. The lowest BCUT2D eigenvalue weighted by Crippen LogP contribution is -2.58. The van der Waals surface area contributed by atoms with Crippen LogP contribution in [-0.2, 0) is 14.8 Å². The molecular formula is C21H24ClN5O3S2. The van der Waals surface area contributed by atoms with Crippen LogP contribution >= 0.6 is 22.9 Å². The molecule has 3 fully saturated rings. The molecule has 1 unspecified atom stereocenters. The van der Waals surface area contributed by atoms with E-state index in [4.69, 9.17) is 11.6 Å². The largest absolute Gasteiger partial charge is 0.371 e. The van der Waals surface area contributed by atoms with Crippen molar-refractivity contribution < 1.29 is 13.2 Å². The van der Waals surface area contributed by atoms with E-state index in [2.05, 4.69) is 15.2 Å². The van der Waals surface area contributed by atoms with E-state index in [1.165, 1.54) is 21.7 Å². The van der Waals surface area contributed by atoms with Gasteiger partial charge in [0.2, 0.25) is 15.9 Å². The Labute approximate surface area is 196 Å². The van der Waals surface area contributed by atoms with Crippen LogP contribution in [0.5, 0.6) is 0 Å². The lowest BCUT2D eigenvalue weighted by Gasteiger charge is -2.40. The second-order valence-electron chi connectivity index (χ2n) is 8.44. The van der Waals surface area contributed by atoms with Crippen LogP contribution in [0.4, 0.5) is 5.69 Å². The number of pyridine rings is 1.